The topological polar surface area (TPSA) is 102 Å². The van der Waals surface area contributed by atoms with Crippen LogP contribution in [0.15, 0.2) is 54.6 Å². The lowest BCUT2D eigenvalue weighted by Gasteiger charge is -2.34. The maximum absolute atomic E-state index is 14.0. The zero-order chi connectivity index (χ0) is 27.6. The molecule has 0 saturated carbocycles. The second-order valence-electron chi connectivity index (χ2n) is 10.6. The molecular formula is C30H38N4O4S. The Morgan fingerprint density at radius 2 is 1.67 bits per heavy atom. The Labute approximate surface area is 234 Å². The van der Waals surface area contributed by atoms with Gasteiger partial charge in [0.2, 0.25) is 17.7 Å². The molecule has 2 aromatic carbocycles. The van der Waals surface area contributed by atoms with E-state index < -0.39 is 22.6 Å². The Hall–Kier alpha value is -3.04. The fourth-order valence-corrected chi connectivity index (χ4v) is 8.91. The number of fused-ring (bicyclic) bond motifs is 1. The highest BCUT2D eigenvalue weighted by atomic mass is 32.2. The smallest absolute Gasteiger partial charge is 0.248 e. The molecule has 8 nitrogen and oxygen atoms in total. The third-order valence-electron chi connectivity index (χ3n) is 8.46. The van der Waals surface area contributed by atoms with Gasteiger partial charge < -0.3 is 25.5 Å². The highest BCUT2D eigenvalue weighted by Gasteiger charge is 2.73. The number of carbonyl (C=O) groups excluding carboxylic acids is 3. The maximum atomic E-state index is 14.0. The number of nitrogens with zero attached hydrogens (tertiary/aromatic N) is 2. The summed E-state index contributed by atoms with van der Waals surface area (Å²) in [7, 11) is 0. The first kappa shape index (κ1) is 27.5. The van der Waals surface area contributed by atoms with Crippen LogP contribution in [0.4, 0.5) is 17.1 Å². The number of carbonyl (C=O) groups is 3. The highest BCUT2D eigenvalue weighted by Crippen LogP contribution is 2.66. The predicted octanol–water partition coefficient (Wildman–Crippen LogP) is 3.97. The molecule has 208 valence electrons. The minimum atomic E-state index is -0.666. The van der Waals surface area contributed by atoms with Crippen molar-refractivity contribution in [3.8, 4) is 0 Å². The molecule has 3 aliphatic rings. The summed E-state index contributed by atoms with van der Waals surface area (Å²) < 4.78 is -0.634. The molecule has 0 radical (unpaired) electrons. The van der Waals surface area contributed by atoms with Crippen molar-refractivity contribution < 1.29 is 19.5 Å². The Morgan fingerprint density at radius 3 is 2.33 bits per heavy atom. The Morgan fingerprint density at radius 1 is 1.00 bits per heavy atom. The first-order chi connectivity index (χ1) is 18.9. The molecular weight excluding hydrogens is 512 g/mol. The molecule has 3 saturated heterocycles. The molecule has 3 N–H and O–H groups in total. The summed E-state index contributed by atoms with van der Waals surface area (Å²) in [6.45, 7) is 6.44. The molecule has 2 bridgehead atoms. The van der Waals surface area contributed by atoms with Crippen LogP contribution in [0.2, 0.25) is 0 Å². The molecule has 5 rings (SSSR count). The first-order valence-corrected chi connectivity index (χ1v) is 14.9. The van der Waals surface area contributed by atoms with Crippen molar-refractivity contribution >= 4 is 46.5 Å². The van der Waals surface area contributed by atoms with Crippen LogP contribution in [-0.2, 0) is 14.4 Å². The number of unbranched alkanes of at least 4 members (excludes halogenated alkanes) is 1. The summed E-state index contributed by atoms with van der Waals surface area (Å²) in [6.07, 6.45) is 2.68. The molecule has 9 heteroatoms. The summed E-state index contributed by atoms with van der Waals surface area (Å²) in [5.74, 6) is -1.50. The number of thioether (sulfide) groups is 1. The molecule has 2 unspecified atom stereocenters. The minimum absolute atomic E-state index is 0.00547. The van der Waals surface area contributed by atoms with Gasteiger partial charge in [-0.05, 0) is 75.9 Å². The van der Waals surface area contributed by atoms with Gasteiger partial charge in [0.05, 0.1) is 16.6 Å². The molecule has 2 aromatic rings. The van der Waals surface area contributed by atoms with Crippen molar-refractivity contribution in [2.45, 2.75) is 55.6 Å². The molecule has 39 heavy (non-hydrogen) atoms. The standard InChI is InChI=1S/C30H38N4O4S/c1-3-33(4-2)22-14-12-21(13-15-22)32-28(37)26-30-17-16-23(39-30)24(27(36)31-20-10-6-5-7-11-20)25(30)29(38)34(26)18-8-9-19-35/h5-7,10-15,23-26,35H,3-4,8-9,16-19H2,1-2H3,(H,31,36)(H,32,37)/t23-,24+,25+,26?,30?/m1/s1. The number of amides is 3. The van der Waals surface area contributed by atoms with Crippen LogP contribution in [0.25, 0.3) is 0 Å². The summed E-state index contributed by atoms with van der Waals surface area (Å²) >= 11 is 1.66. The van der Waals surface area contributed by atoms with Crippen molar-refractivity contribution in [3.63, 3.8) is 0 Å². The van der Waals surface area contributed by atoms with Gasteiger partial charge in [0.25, 0.3) is 0 Å². The fourth-order valence-electron chi connectivity index (χ4n) is 6.69. The molecule has 5 atom stereocenters. The maximum Gasteiger partial charge on any atom is 0.248 e. The van der Waals surface area contributed by atoms with Gasteiger partial charge in [0.15, 0.2) is 0 Å². The Kier molecular flexibility index (Phi) is 8.19. The number of aliphatic hydroxyl groups excluding tert-OH is 1. The van der Waals surface area contributed by atoms with E-state index in [0.29, 0.717) is 30.8 Å². The number of benzene rings is 2. The van der Waals surface area contributed by atoms with Crippen LogP contribution < -0.4 is 15.5 Å². The Bertz CT molecular complexity index is 1190. The van der Waals surface area contributed by atoms with Gasteiger partial charge in [-0.1, -0.05) is 18.2 Å². The lowest BCUT2D eigenvalue weighted by Crippen LogP contribution is -2.51. The van der Waals surface area contributed by atoms with Crippen molar-refractivity contribution in [1.82, 2.24) is 4.90 Å². The van der Waals surface area contributed by atoms with Gasteiger partial charge >= 0.3 is 0 Å². The van der Waals surface area contributed by atoms with Crippen LogP contribution in [-0.4, -0.2) is 70.0 Å². The molecule has 3 heterocycles. The summed E-state index contributed by atoms with van der Waals surface area (Å²) in [5.41, 5.74) is 2.49. The van der Waals surface area contributed by atoms with Crippen LogP contribution in [0.3, 0.4) is 0 Å². The fraction of sp³-hybridized carbons (Fsp3) is 0.500. The van der Waals surface area contributed by atoms with Crippen molar-refractivity contribution in [2.24, 2.45) is 11.8 Å². The number of hydrogen-bond donors (Lipinski definition) is 3. The van der Waals surface area contributed by atoms with Crippen LogP contribution >= 0.6 is 11.8 Å². The van der Waals surface area contributed by atoms with E-state index >= 15 is 0 Å². The van der Waals surface area contributed by atoms with Crippen LogP contribution in [0, 0.1) is 11.8 Å². The largest absolute Gasteiger partial charge is 0.396 e. The molecule has 0 aliphatic carbocycles. The van der Waals surface area contributed by atoms with E-state index in [1.807, 2.05) is 54.6 Å². The van der Waals surface area contributed by atoms with E-state index in [9.17, 15) is 19.5 Å². The zero-order valence-electron chi connectivity index (χ0n) is 22.6. The second-order valence-corrected chi connectivity index (χ2v) is 12.2. The first-order valence-electron chi connectivity index (χ1n) is 14.0. The zero-order valence-corrected chi connectivity index (χ0v) is 23.5. The van der Waals surface area contributed by atoms with Crippen LogP contribution in [0.1, 0.15) is 39.5 Å². The van der Waals surface area contributed by atoms with E-state index in [4.69, 9.17) is 0 Å². The van der Waals surface area contributed by atoms with E-state index in [-0.39, 0.29) is 29.6 Å². The quantitative estimate of drug-likeness (QED) is 0.366. The van der Waals surface area contributed by atoms with Gasteiger partial charge in [-0.15, -0.1) is 11.8 Å². The minimum Gasteiger partial charge on any atom is -0.396 e. The highest BCUT2D eigenvalue weighted by molar-refractivity contribution is 8.02. The lowest BCUT2D eigenvalue weighted by molar-refractivity contribution is -0.138. The third-order valence-corrected chi connectivity index (χ3v) is 10.4. The predicted molar refractivity (Wildman–Crippen MR) is 156 cm³/mol. The van der Waals surface area contributed by atoms with E-state index in [1.165, 1.54) is 0 Å². The normalized spacial score (nSPS) is 26.9. The number of hydrogen-bond acceptors (Lipinski definition) is 6. The summed E-state index contributed by atoms with van der Waals surface area (Å²) in [5, 5.41) is 15.5. The number of aliphatic hydroxyl groups is 1. The second kappa shape index (κ2) is 11.6. The van der Waals surface area contributed by atoms with Gasteiger partial charge in [0, 0.05) is 48.6 Å². The van der Waals surface area contributed by atoms with E-state index in [1.54, 1.807) is 16.7 Å². The summed E-state index contributed by atoms with van der Waals surface area (Å²) in [4.78, 5) is 45.4. The Balaban J connectivity index is 1.40. The number of para-hydroxylation sites is 1. The van der Waals surface area contributed by atoms with Crippen molar-refractivity contribution in [3.05, 3.63) is 54.6 Å². The number of nitrogens with one attached hydrogen (secondary N) is 2. The third kappa shape index (κ3) is 5.02. The molecule has 3 aliphatic heterocycles. The summed E-state index contributed by atoms with van der Waals surface area (Å²) in [6, 6.07) is 16.5. The van der Waals surface area contributed by atoms with E-state index in [2.05, 4.69) is 29.4 Å². The monoisotopic (exact) mass is 550 g/mol. The van der Waals surface area contributed by atoms with Gasteiger partial charge in [0.1, 0.15) is 6.04 Å². The lowest BCUT2D eigenvalue weighted by atomic mass is 9.70. The SMILES string of the molecule is CCN(CC)c1ccc(NC(=O)C2N(CCCCO)C(=O)[C@@H]3[C@@H](C(=O)Nc4ccccc4)[C@H]4CCC23S4)cc1. The van der Waals surface area contributed by atoms with Gasteiger partial charge in [-0.25, -0.2) is 0 Å². The average molecular weight is 551 g/mol. The molecule has 3 fully saturated rings. The number of anilines is 3. The van der Waals surface area contributed by atoms with Crippen molar-refractivity contribution in [2.75, 3.05) is 41.8 Å². The van der Waals surface area contributed by atoms with E-state index in [0.717, 1.165) is 31.6 Å². The molecule has 3 amide bonds. The van der Waals surface area contributed by atoms with Gasteiger partial charge in [-0.3, -0.25) is 14.4 Å². The number of rotatable bonds is 11. The van der Waals surface area contributed by atoms with Crippen molar-refractivity contribution in [1.29, 1.82) is 0 Å². The molecule has 1 spiro atoms. The van der Waals surface area contributed by atoms with Gasteiger partial charge in [-0.2, -0.15) is 0 Å². The van der Waals surface area contributed by atoms with Crippen LogP contribution in [0.5, 0.6) is 0 Å². The number of likely N-dealkylation sites (tertiary alicyclic amines) is 1. The average Bonchev–Trinajstić information content (AvgIpc) is 3.58. The molecule has 0 aromatic heterocycles.